The molecule has 6 heteroatoms. The molecule has 0 saturated heterocycles. The standard InChI is InChI=1S/C25H15F3N2O/c26-25(27,28)22-15-21(24(31)19-9-5-2-6-10-19)23(18-7-3-1-4-8-18)30(22)20-13-11-17(16-29)12-14-20/h1-15H. The molecule has 0 aliphatic carbocycles. The minimum atomic E-state index is -4.70. The maximum absolute atomic E-state index is 14.1. The number of hydrogen-bond acceptors (Lipinski definition) is 2. The summed E-state index contributed by atoms with van der Waals surface area (Å²) in [5.74, 6) is -0.502. The van der Waals surface area contributed by atoms with Crippen molar-refractivity contribution >= 4 is 5.78 Å². The third-order valence-corrected chi connectivity index (χ3v) is 4.87. The van der Waals surface area contributed by atoms with E-state index in [0.717, 1.165) is 10.6 Å². The summed E-state index contributed by atoms with van der Waals surface area (Å²) in [5, 5.41) is 9.04. The average molecular weight is 416 g/mol. The van der Waals surface area contributed by atoms with Crippen LogP contribution in [0, 0.1) is 11.3 Å². The highest BCUT2D eigenvalue weighted by molar-refractivity contribution is 6.13. The molecule has 0 spiro atoms. The second kappa shape index (κ2) is 7.96. The Kier molecular flexibility index (Phi) is 5.18. The smallest absolute Gasteiger partial charge is 0.305 e. The second-order valence-corrected chi connectivity index (χ2v) is 6.84. The normalized spacial score (nSPS) is 11.2. The van der Waals surface area contributed by atoms with E-state index in [1.54, 1.807) is 60.7 Å². The Balaban J connectivity index is 2.05. The molecule has 0 fully saturated rings. The second-order valence-electron chi connectivity index (χ2n) is 6.84. The fourth-order valence-corrected chi connectivity index (χ4v) is 3.47. The molecule has 0 amide bonds. The SMILES string of the molecule is N#Cc1ccc(-n2c(C(F)(F)F)cc(C(=O)c3ccccc3)c2-c2ccccc2)cc1. The molecule has 0 aliphatic heterocycles. The van der Waals surface area contributed by atoms with Gasteiger partial charge in [-0.1, -0.05) is 60.7 Å². The molecule has 4 rings (SSSR count). The van der Waals surface area contributed by atoms with Crippen molar-refractivity contribution in [1.82, 2.24) is 4.57 Å². The number of nitrogens with zero attached hydrogens (tertiary/aromatic N) is 2. The first kappa shape index (κ1) is 20.2. The molecule has 3 nitrogen and oxygen atoms in total. The van der Waals surface area contributed by atoms with E-state index in [2.05, 4.69) is 0 Å². The van der Waals surface area contributed by atoms with Gasteiger partial charge in [0.05, 0.1) is 17.3 Å². The van der Waals surface area contributed by atoms with E-state index in [1.807, 2.05) is 6.07 Å². The van der Waals surface area contributed by atoms with Crippen molar-refractivity contribution in [2.75, 3.05) is 0 Å². The zero-order valence-electron chi connectivity index (χ0n) is 16.1. The summed E-state index contributed by atoms with van der Waals surface area (Å²) in [6.45, 7) is 0. The molecule has 4 aromatic rings. The van der Waals surface area contributed by atoms with Gasteiger partial charge < -0.3 is 4.57 Å². The number of halogens is 3. The molecular weight excluding hydrogens is 401 g/mol. The minimum absolute atomic E-state index is 0.0471. The van der Waals surface area contributed by atoms with Gasteiger partial charge in [0.2, 0.25) is 0 Å². The first-order valence-electron chi connectivity index (χ1n) is 9.39. The number of carbonyl (C=O) groups is 1. The van der Waals surface area contributed by atoms with E-state index >= 15 is 0 Å². The average Bonchev–Trinajstić information content (AvgIpc) is 3.21. The van der Waals surface area contributed by atoms with Gasteiger partial charge in [0.25, 0.3) is 0 Å². The fraction of sp³-hybridized carbons (Fsp3) is 0.0400. The molecule has 31 heavy (non-hydrogen) atoms. The molecule has 0 bridgehead atoms. The Morgan fingerprint density at radius 1 is 0.839 bits per heavy atom. The van der Waals surface area contributed by atoms with Gasteiger partial charge in [0, 0.05) is 16.8 Å². The molecule has 1 heterocycles. The van der Waals surface area contributed by atoms with E-state index < -0.39 is 17.7 Å². The van der Waals surface area contributed by atoms with Crippen LogP contribution >= 0.6 is 0 Å². The lowest BCUT2D eigenvalue weighted by molar-refractivity contribution is -0.142. The van der Waals surface area contributed by atoms with Crippen molar-refractivity contribution in [2.24, 2.45) is 0 Å². The predicted molar refractivity (Wildman–Crippen MR) is 111 cm³/mol. The summed E-state index contributed by atoms with van der Waals surface area (Å²) < 4.78 is 43.2. The van der Waals surface area contributed by atoms with Crippen LogP contribution in [0.3, 0.4) is 0 Å². The van der Waals surface area contributed by atoms with Gasteiger partial charge in [-0.25, -0.2) is 0 Å². The van der Waals surface area contributed by atoms with Gasteiger partial charge in [0.1, 0.15) is 5.69 Å². The van der Waals surface area contributed by atoms with Crippen molar-refractivity contribution in [3.8, 4) is 23.0 Å². The highest BCUT2D eigenvalue weighted by atomic mass is 19.4. The highest BCUT2D eigenvalue weighted by Gasteiger charge is 2.38. The van der Waals surface area contributed by atoms with Crippen molar-refractivity contribution in [3.63, 3.8) is 0 Å². The van der Waals surface area contributed by atoms with Gasteiger partial charge in [0.15, 0.2) is 5.78 Å². The molecule has 0 aliphatic rings. The predicted octanol–water partition coefficient (Wildman–Crippen LogP) is 6.27. The minimum Gasteiger partial charge on any atom is -0.305 e. The number of alkyl halides is 3. The van der Waals surface area contributed by atoms with Gasteiger partial charge in [-0.15, -0.1) is 0 Å². The van der Waals surface area contributed by atoms with Gasteiger partial charge >= 0.3 is 6.18 Å². The van der Waals surface area contributed by atoms with Gasteiger partial charge in [-0.3, -0.25) is 4.79 Å². The highest BCUT2D eigenvalue weighted by Crippen LogP contribution is 2.39. The third-order valence-electron chi connectivity index (χ3n) is 4.87. The number of ketones is 1. The number of rotatable bonds is 4. The van der Waals surface area contributed by atoms with Crippen LogP contribution in [0.1, 0.15) is 27.2 Å². The molecule has 152 valence electrons. The van der Waals surface area contributed by atoms with Gasteiger partial charge in [-0.2, -0.15) is 18.4 Å². The van der Waals surface area contributed by atoms with Crippen LogP contribution in [0.4, 0.5) is 13.2 Å². The first-order valence-corrected chi connectivity index (χ1v) is 9.39. The molecule has 0 N–H and O–H groups in total. The van der Waals surface area contributed by atoms with Crippen molar-refractivity contribution in [3.05, 3.63) is 113 Å². The lowest BCUT2D eigenvalue weighted by atomic mass is 10.00. The molecular formula is C25H15F3N2O. The summed E-state index contributed by atoms with van der Waals surface area (Å²) in [5.41, 5.74) is 0.437. The van der Waals surface area contributed by atoms with Crippen molar-refractivity contribution < 1.29 is 18.0 Å². The summed E-state index contributed by atoms with van der Waals surface area (Å²) in [4.78, 5) is 13.2. The molecule has 0 unspecified atom stereocenters. The summed E-state index contributed by atoms with van der Waals surface area (Å²) in [6.07, 6.45) is -4.70. The van der Waals surface area contributed by atoms with Crippen LogP contribution < -0.4 is 0 Å². The number of aromatic nitrogens is 1. The molecule has 0 saturated carbocycles. The monoisotopic (exact) mass is 416 g/mol. The zero-order chi connectivity index (χ0) is 22.0. The summed E-state index contributed by atoms with van der Waals surface area (Å²) in [6, 6.07) is 25.3. The summed E-state index contributed by atoms with van der Waals surface area (Å²) >= 11 is 0. The number of hydrogen-bond donors (Lipinski definition) is 0. The Morgan fingerprint density at radius 2 is 1.42 bits per heavy atom. The van der Waals surface area contributed by atoms with E-state index in [4.69, 9.17) is 5.26 Å². The van der Waals surface area contributed by atoms with E-state index in [9.17, 15) is 18.0 Å². The fourth-order valence-electron chi connectivity index (χ4n) is 3.47. The van der Waals surface area contributed by atoms with Crippen LogP contribution in [0.2, 0.25) is 0 Å². The van der Waals surface area contributed by atoms with Crippen LogP contribution in [0.5, 0.6) is 0 Å². The largest absolute Gasteiger partial charge is 0.431 e. The Hall–Kier alpha value is -4.11. The molecule has 1 aromatic heterocycles. The van der Waals surface area contributed by atoms with E-state index in [1.165, 1.54) is 24.3 Å². The Labute approximate surface area is 176 Å². The van der Waals surface area contributed by atoms with E-state index in [-0.39, 0.29) is 16.9 Å². The number of benzene rings is 3. The Bertz CT molecular complexity index is 1270. The van der Waals surface area contributed by atoms with Crippen LogP contribution in [0.25, 0.3) is 16.9 Å². The molecule has 3 aromatic carbocycles. The number of nitriles is 1. The van der Waals surface area contributed by atoms with Crippen molar-refractivity contribution in [1.29, 1.82) is 5.26 Å². The maximum Gasteiger partial charge on any atom is 0.431 e. The van der Waals surface area contributed by atoms with E-state index in [0.29, 0.717) is 16.7 Å². The zero-order valence-corrected chi connectivity index (χ0v) is 16.1. The number of carbonyl (C=O) groups excluding carboxylic acids is 1. The van der Waals surface area contributed by atoms with Crippen LogP contribution in [-0.4, -0.2) is 10.4 Å². The Morgan fingerprint density at radius 3 is 1.97 bits per heavy atom. The third kappa shape index (κ3) is 3.86. The van der Waals surface area contributed by atoms with Crippen LogP contribution in [0.15, 0.2) is 91.0 Å². The molecule has 0 radical (unpaired) electrons. The lowest BCUT2D eigenvalue weighted by Crippen LogP contribution is -2.13. The maximum atomic E-state index is 14.1. The lowest BCUT2D eigenvalue weighted by Gasteiger charge is -2.16. The topological polar surface area (TPSA) is 45.8 Å². The van der Waals surface area contributed by atoms with Gasteiger partial charge in [-0.05, 0) is 35.9 Å². The quantitative estimate of drug-likeness (QED) is 0.368. The summed E-state index contributed by atoms with van der Waals surface area (Å²) in [7, 11) is 0. The molecule has 0 atom stereocenters. The van der Waals surface area contributed by atoms with Crippen LogP contribution in [-0.2, 0) is 6.18 Å². The first-order chi connectivity index (χ1) is 14.9. The van der Waals surface area contributed by atoms with Crippen molar-refractivity contribution in [2.45, 2.75) is 6.18 Å².